The van der Waals surface area contributed by atoms with Crippen molar-refractivity contribution in [2.75, 3.05) is 13.6 Å². The number of carbonyl (C=O) groups excluding carboxylic acids is 2. The van der Waals surface area contributed by atoms with Crippen molar-refractivity contribution in [3.8, 4) is 5.75 Å². The molecule has 2 aromatic carbocycles. The summed E-state index contributed by atoms with van der Waals surface area (Å²) in [6, 6.07) is 12.0. The van der Waals surface area contributed by atoms with Crippen LogP contribution >= 0.6 is 0 Å². The molecule has 0 radical (unpaired) electrons. The van der Waals surface area contributed by atoms with Crippen molar-refractivity contribution < 1.29 is 14.7 Å². The van der Waals surface area contributed by atoms with Crippen molar-refractivity contribution in [2.45, 2.75) is 52.1 Å². The number of phenols is 1. The number of aryl methyl sites for hydroxylation is 3. The average Bonchev–Trinajstić information content (AvgIpc) is 2.70. The largest absolute Gasteiger partial charge is 0.508 e. The zero-order valence-electron chi connectivity index (χ0n) is 18.3. The number of nitrogens with two attached hydrogens (primary N) is 1. The minimum absolute atomic E-state index is 0.138. The van der Waals surface area contributed by atoms with Crippen LogP contribution in [0.15, 0.2) is 42.5 Å². The fraction of sp³-hybridized carbons (Fsp3) is 0.417. The van der Waals surface area contributed by atoms with Crippen LogP contribution in [-0.4, -0.2) is 47.5 Å². The first-order chi connectivity index (χ1) is 14.2. The number of hydrogen-bond acceptors (Lipinski definition) is 4. The molecule has 0 bridgehead atoms. The molecule has 2 aromatic rings. The number of nitrogens with one attached hydrogen (secondary N) is 1. The van der Waals surface area contributed by atoms with E-state index in [0.717, 1.165) is 29.5 Å². The third kappa shape index (κ3) is 6.59. The molecule has 2 amide bonds. The van der Waals surface area contributed by atoms with Crippen LogP contribution in [0, 0.1) is 13.8 Å². The van der Waals surface area contributed by atoms with Gasteiger partial charge in [-0.05, 0) is 74.4 Å². The Labute approximate surface area is 179 Å². The quantitative estimate of drug-likeness (QED) is 0.591. The van der Waals surface area contributed by atoms with E-state index in [0.29, 0.717) is 13.0 Å². The van der Waals surface area contributed by atoms with Gasteiger partial charge >= 0.3 is 0 Å². The SMILES string of the molecule is Cc1cc(O)cc(C)c1C[C@H](N)C(=O)N[C@H](C)C(=O)N(C)CCCc1ccccc1. The van der Waals surface area contributed by atoms with Crippen LogP contribution in [0.5, 0.6) is 5.75 Å². The lowest BCUT2D eigenvalue weighted by Gasteiger charge is -2.23. The zero-order chi connectivity index (χ0) is 22.3. The lowest BCUT2D eigenvalue weighted by Crippen LogP contribution is -2.51. The fourth-order valence-corrected chi connectivity index (χ4v) is 3.59. The number of aromatic hydroxyl groups is 1. The molecule has 0 fully saturated rings. The van der Waals surface area contributed by atoms with E-state index >= 15 is 0 Å². The Bertz CT molecular complexity index is 844. The van der Waals surface area contributed by atoms with Crippen LogP contribution in [0.25, 0.3) is 0 Å². The Balaban J connectivity index is 1.84. The highest BCUT2D eigenvalue weighted by molar-refractivity contribution is 5.89. The minimum Gasteiger partial charge on any atom is -0.508 e. The van der Waals surface area contributed by atoms with Crippen molar-refractivity contribution in [3.63, 3.8) is 0 Å². The Morgan fingerprint density at radius 1 is 1.13 bits per heavy atom. The molecule has 4 N–H and O–H groups in total. The third-order valence-corrected chi connectivity index (χ3v) is 5.35. The highest BCUT2D eigenvalue weighted by atomic mass is 16.3. The van der Waals surface area contributed by atoms with E-state index < -0.39 is 12.1 Å². The molecule has 2 rings (SSSR count). The predicted molar refractivity (Wildman–Crippen MR) is 119 cm³/mol. The second kappa shape index (κ2) is 10.8. The molecule has 0 saturated carbocycles. The molecule has 0 unspecified atom stereocenters. The molecule has 2 atom stereocenters. The van der Waals surface area contributed by atoms with Crippen LogP contribution in [0.4, 0.5) is 0 Å². The number of likely N-dealkylation sites (N-methyl/N-ethyl adjacent to an activating group) is 1. The summed E-state index contributed by atoms with van der Waals surface area (Å²) in [4.78, 5) is 26.8. The second-order valence-electron chi connectivity index (χ2n) is 7.95. The number of benzene rings is 2. The zero-order valence-corrected chi connectivity index (χ0v) is 18.3. The third-order valence-electron chi connectivity index (χ3n) is 5.35. The van der Waals surface area contributed by atoms with Gasteiger partial charge < -0.3 is 21.1 Å². The molecule has 0 aliphatic rings. The number of nitrogens with zero attached hydrogens (tertiary/aromatic N) is 1. The molecule has 0 spiro atoms. The summed E-state index contributed by atoms with van der Waals surface area (Å²) in [7, 11) is 1.75. The summed E-state index contributed by atoms with van der Waals surface area (Å²) in [6.45, 7) is 6.05. The summed E-state index contributed by atoms with van der Waals surface area (Å²) in [5.74, 6) is -0.303. The monoisotopic (exact) mass is 411 g/mol. The topological polar surface area (TPSA) is 95.7 Å². The first kappa shape index (κ1) is 23.4. The number of carbonyl (C=O) groups is 2. The normalized spacial score (nSPS) is 12.8. The smallest absolute Gasteiger partial charge is 0.244 e. The van der Waals surface area contributed by atoms with Gasteiger partial charge in [-0.2, -0.15) is 0 Å². The van der Waals surface area contributed by atoms with E-state index in [4.69, 9.17) is 5.73 Å². The van der Waals surface area contributed by atoms with Gasteiger partial charge in [0, 0.05) is 13.6 Å². The maximum absolute atomic E-state index is 12.6. The molecule has 0 heterocycles. The molecule has 0 saturated heterocycles. The molecule has 0 aromatic heterocycles. The number of hydrogen-bond donors (Lipinski definition) is 3. The Hall–Kier alpha value is -2.86. The van der Waals surface area contributed by atoms with Gasteiger partial charge in [0.25, 0.3) is 0 Å². The first-order valence-corrected chi connectivity index (χ1v) is 10.3. The molecular weight excluding hydrogens is 378 g/mol. The van der Waals surface area contributed by atoms with Crippen molar-refractivity contribution >= 4 is 11.8 Å². The van der Waals surface area contributed by atoms with Gasteiger partial charge in [-0.1, -0.05) is 30.3 Å². The fourth-order valence-electron chi connectivity index (χ4n) is 3.59. The van der Waals surface area contributed by atoms with Crippen molar-refractivity contribution in [2.24, 2.45) is 5.73 Å². The summed E-state index contributed by atoms with van der Waals surface area (Å²) in [6.07, 6.45) is 2.10. The number of phenolic OH excluding ortho intramolecular Hbond substituents is 1. The van der Waals surface area contributed by atoms with Crippen LogP contribution in [0.2, 0.25) is 0 Å². The number of rotatable bonds is 9. The summed E-state index contributed by atoms with van der Waals surface area (Å²) in [5.41, 5.74) is 10.0. The van der Waals surface area contributed by atoms with Crippen LogP contribution < -0.4 is 11.1 Å². The maximum Gasteiger partial charge on any atom is 0.244 e. The van der Waals surface area contributed by atoms with Gasteiger partial charge in [-0.3, -0.25) is 9.59 Å². The molecule has 6 heteroatoms. The lowest BCUT2D eigenvalue weighted by molar-refractivity contribution is -0.135. The average molecular weight is 412 g/mol. The molecule has 30 heavy (non-hydrogen) atoms. The van der Waals surface area contributed by atoms with Gasteiger partial charge in [-0.25, -0.2) is 0 Å². The summed E-state index contributed by atoms with van der Waals surface area (Å²) in [5, 5.41) is 12.4. The van der Waals surface area contributed by atoms with E-state index in [9.17, 15) is 14.7 Å². The van der Waals surface area contributed by atoms with Crippen LogP contribution in [0.1, 0.15) is 35.6 Å². The predicted octanol–water partition coefficient (Wildman–Crippen LogP) is 2.47. The Morgan fingerprint density at radius 3 is 2.33 bits per heavy atom. The van der Waals surface area contributed by atoms with E-state index in [1.54, 1.807) is 31.0 Å². The minimum atomic E-state index is -0.773. The van der Waals surface area contributed by atoms with Crippen LogP contribution in [-0.2, 0) is 22.4 Å². The maximum atomic E-state index is 12.6. The number of amides is 2. The van der Waals surface area contributed by atoms with Crippen molar-refractivity contribution in [3.05, 3.63) is 64.7 Å². The Morgan fingerprint density at radius 2 is 1.73 bits per heavy atom. The van der Waals surface area contributed by atoms with Gasteiger partial charge in [0.2, 0.25) is 11.8 Å². The highest BCUT2D eigenvalue weighted by Gasteiger charge is 2.23. The van der Waals surface area contributed by atoms with Gasteiger partial charge in [0.05, 0.1) is 6.04 Å². The summed E-state index contributed by atoms with van der Waals surface area (Å²) >= 11 is 0. The Kier molecular flexibility index (Phi) is 8.42. The first-order valence-electron chi connectivity index (χ1n) is 10.3. The molecule has 162 valence electrons. The van der Waals surface area contributed by atoms with Gasteiger partial charge in [-0.15, -0.1) is 0 Å². The second-order valence-corrected chi connectivity index (χ2v) is 7.95. The molecule has 0 aliphatic carbocycles. The van der Waals surface area contributed by atoms with E-state index in [1.165, 1.54) is 5.56 Å². The highest BCUT2D eigenvalue weighted by Crippen LogP contribution is 2.21. The molecule has 6 nitrogen and oxygen atoms in total. The molecule has 0 aliphatic heterocycles. The van der Waals surface area contributed by atoms with E-state index in [-0.39, 0.29) is 17.6 Å². The van der Waals surface area contributed by atoms with E-state index in [2.05, 4.69) is 17.4 Å². The van der Waals surface area contributed by atoms with Gasteiger partial charge in [0.15, 0.2) is 0 Å². The van der Waals surface area contributed by atoms with Crippen LogP contribution in [0.3, 0.4) is 0 Å². The lowest BCUT2D eigenvalue weighted by atomic mass is 9.96. The summed E-state index contributed by atoms with van der Waals surface area (Å²) < 4.78 is 0. The van der Waals surface area contributed by atoms with Crippen molar-refractivity contribution in [1.29, 1.82) is 0 Å². The molecular formula is C24H33N3O3. The van der Waals surface area contributed by atoms with Gasteiger partial charge in [0.1, 0.15) is 11.8 Å². The van der Waals surface area contributed by atoms with Crippen molar-refractivity contribution in [1.82, 2.24) is 10.2 Å². The standard InChI is InChI=1S/C24H33N3O3/c1-16-13-20(28)14-17(2)21(16)15-22(25)23(29)26-18(3)24(30)27(4)12-8-11-19-9-6-5-7-10-19/h5-7,9-10,13-14,18,22,28H,8,11-12,15,25H2,1-4H3,(H,26,29)/t18-,22+/m1/s1. The van der Waals surface area contributed by atoms with E-state index in [1.807, 2.05) is 32.0 Å².